The van der Waals surface area contributed by atoms with E-state index in [2.05, 4.69) is 4.74 Å². The molecule has 1 aromatic heterocycles. The van der Waals surface area contributed by atoms with Crippen molar-refractivity contribution < 1.29 is 17.9 Å². The van der Waals surface area contributed by atoms with Crippen molar-refractivity contribution in [3.05, 3.63) is 46.9 Å². The zero-order valence-corrected chi connectivity index (χ0v) is 10.4. The summed E-state index contributed by atoms with van der Waals surface area (Å²) in [6.07, 6.45) is -3.26. The van der Waals surface area contributed by atoms with Crippen molar-refractivity contribution in [1.29, 1.82) is 0 Å². The van der Waals surface area contributed by atoms with Crippen molar-refractivity contribution in [3.63, 3.8) is 0 Å². The lowest BCUT2D eigenvalue weighted by atomic mass is 10.1. The van der Waals surface area contributed by atoms with Crippen LogP contribution in [0.3, 0.4) is 0 Å². The summed E-state index contributed by atoms with van der Waals surface area (Å²) < 4.78 is 41.6. The quantitative estimate of drug-likeness (QED) is 0.922. The van der Waals surface area contributed by atoms with Crippen LogP contribution in [0.1, 0.15) is 0 Å². The highest BCUT2D eigenvalue weighted by Crippen LogP contribution is 2.28. The molecule has 0 aliphatic heterocycles. The van der Waals surface area contributed by atoms with Crippen LogP contribution in [0, 0.1) is 0 Å². The molecule has 2 rings (SSSR count). The Morgan fingerprint density at radius 2 is 1.90 bits per heavy atom. The molecule has 106 valence electrons. The highest BCUT2D eigenvalue weighted by Gasteiger charge is 2.31. The van der Waals surface area contributed by atoms with E-state index in [0.717, 1.165) is 0 Å². The van der Waals surface area contributed by atoms with Gasteiger partial charge in [-0.05, 0) is 23.8 Å². The number of aryl methyl sites for hydroxylation is 1. The number of nitrogens with two attached hydrogens (primary N) is 1. The van der Waals surface area contributed by atoms with Crippen LogP contribution >= 0.6 is 0 Å². The van der Waals surface area contributed by atoms with E-state index in [0.29, 0.717) is 11.1 Å². The van der Waals surface area contributed by atoms with Crippen LogP contribution in [0.15, 0.2) is 41.3 Å². The summed E-state index contributed by atoms with van der Waals surface area (Å²) in [7, 11) is 1.51. The van der Waals surface area contributed by atoms with Crippen molar-refractivity contribution in [1.82, 2.24) is 4.57 Å². The largest absolute Gasteiger partial charge is 0.573 e. The predicted octanol–water partition coefficient (Wildman–Crippen LogP) is 2.53. The fraction of sp³-hybridized carbons (Fsp3) is 0.154. The molecular formula is C13H11F3N2O2. The van der Waals surface area contributed by atoms with E-state index >= 15 is 0 Å². The van der Waals surface area contributed by atoms with Gasteiger partial charge in [-0.2, -0.15) is 0 Å². The standard InChI is InChI=1S/C13H11F3N2O2/c1-18-7-9(6-11(17)12(18)19)8-3-2-4-10(5-8)20-13(14,15)16/h2-7H,17H2,1H3. The van der Waals surface area contributed by atoms with E-state index in [9.17, 15) is 18.0 Å². The molecule has 0 saturated heterocycles. The Morgan fingerprint density at radius 3 is 2.50 bits per heavy atom. The van der Waals surface area contributed by atoms with E-state index in [-0.39, 0.29) is 17.0 Å². The van der Waals surface area contributed by atoms with Crippen LogP contribution < -0.4 is 16.0 Å². The third kappa shape index (κ3) is 3.11. The maximum atomic E-state index is 12.2. The number of nitrogens with zero attached hydrogens (tertiary/aromatic N) is 1. The first kappa shape index (κ1) is 14.0. The van der Waals surface area contributed by atoms with Gasteiger partial charge in [0.2, 0.25) is 0 Å². The predicted molar refractivity (Wildman–Crippen MR) is 68.2 cm³/mol. The van der Waals surface area contributed by atoms with Gasteiger partial charge in [0.15, 0.2) is 0 Å². The van der Waals surface area contributed by atoms with Crippen molar-refractivity contribution in [2.75, 3.05) is 5.73 Å². The van der Waals surface area contributed by atoms with E-state index < -0.39 is 6.36 Å². The van der Waals surface area contributed by atoms with Crippen molar-refractivity contribution >= 4 is 5.69 Å². The fourth-order valence-corrected chi connectivity index (χ4v) is 1.77. The van der Waals surface area contributed by atoms with E-state index in [1.807, 2.05) is 0 Å². The van der Waals surface area contributed by atoms with Crippen LogP contribution in [0.4, 0.5) is 18.9 Å². The number of hydrogen-bond acceptors (Lipinski definition) is 3. The molecule has 0 unspecified atom stereocenters. The molecule has 0 amide bonds. The molecular weight excluding hydrogens is 273 g/mol. The molecule has 2 aromatic rings. The first-order valence-electron chi connectivity index (χ1n) is 5.58. The lowest BCUT2D eigenvalue weighted by molar-refractivity contribution is -0.274. The number of ether oxygens (including phenoxy) is 1. The first-order valence-corrected chi connectivity index (χ1v) is 5.58. The third-order valence-electron chi connectivity index (χ3n) is 2.61. The Hall–Kier alpha value is -2.44. The van der Waals surface area contributed by atoms with Gasteiger partial charge in [0.1, 0.15) is 5.75 Å². The number of aromatic nitrogens is 1. The molecule has 0 radical (unpaired) electrons. The van der Waals surface area contributed by atoms with E-state index in [1.54, 1.807) is 6.07 Å². The number of nitrogen functional groups attached to an aromatic ring is 1. The molecule has 1 heterocycles. The number of rotatable bonds is 2. The SMILES string of the molecule is Cn1cc(-c2cccc(OC(F)(F)F)c2)cc(N)c1=O. The second-order valence-electron chi connectivity index (χ2n) is 4.18. The monoisotopic (exact) mass is 284 g/mol. The van der Waals surface area contributed by atoms with E-state index in [1.165, 1.54) is 42.1 Å². The van der Waals surface area contributed by atoms with Crippen molar-refractivity contribution in [2.24, 2.45) is 7.05 Å². The molecule has 0 spiro atoms. The summed E-state index contributed by atoms with van der Waals surface area (Å²) >= 11 is 0. The van der Waals surface area contributed by atoms with Gasteiger partial charge in [-0.1, -0.05) is 12.1 Å². The average molecular weight is 284 g/mol. The van der Waals surface area contributed by atoms with Crippen molar-refractivity contribution in [3.8, 4) is 16.9 Å². The maximum Gasteiger partial charge on any atom is 0.573 e. The minimum Gasteiger partial charge on any atom is -0.406 e. The van der Waals surface area contributed by atoms with Crippen LogP contribution in [-0.2, 0) is 7.05 Å². The Balaban J connectivity index is 2.44. The van der Waals surface area contributed by atoms with Gasteiger partial charge in [0.05, 0.1) is 5.69 Å². The Kier molecular flexibility index (Phi) is 3.44. The molecule has 1 aromatic carbocycles. The number of halogens is 3. The van der Waals surface area contributed by atoms with Gasteiger partial charge in [0.25, 0.3) is 5.56 Å². The summed E-state index contributed by atoms with van der Waals surface area (Å²) in [5.74, 6) is -0.331. The molecule has 0 saturated carbocycles. The highest BCUT2D eigenvalue weighted by molar-refractivity contribution is 5.67. The third-order valence-corrected chi connectivity index (χ3v) is 2.61. The van der Waals surface area contributed by atoms with Gasteiger partial charge in [-0.15, -0.1) is 13.2 Å². The molecule has 0 bridgehead atoms. The van der Waals surface area contributed by atoms with E-state index in [4.69, 9.17) is 5.73 Å². The first-order chi connectivity index (χ1) is 9.26. The second kappa shape index (κ2) is 4.92. The lowest BCUT2D eigenvalue weighted by Crippen LogP contribution is -2.19. The number of pyridine rings is 1. The number of benzene rings is 1. The molecule has 0 fully saturated rings. The van der Waals surface area contributed by atoms with Crippen molar-refractivity contribution in [2.45, 2.75) is 6.36 Å². The average Bonchev–Trinajstić information content (AvgIpc) is 2.33. The Morgan fingerprint density at radius 1 is 1.20 bits per heavy atom. The molecule has 0 atom stereocenters. The highest BCUT2D eigenvalue weighted by atomic mass is 19.4. The summed E-state index contributed by atoms with van der Waals surface area (Å²) in [4.78, 5) is 11.5. The zero-order chi connectivity index (χ0) is 14.9. The van der Waals surface area contributed by atoms with Crippen LogP contribution in [0.2, 0.25) is 0 Å². The minimum absolute atomic E-state index is 0.0205. The Labute approximate surface area is 112 Å². The smallest absolute Gasteiger partial charge is 0.406 e. The summed E-state index contributed by atoms with van der Waals surface area (Å²) in [5, 5.41) is 0. The zero-order valence-electron chi connectivity index (χ0n) is 10.4. The number of hydrogen-bond donors (Lipinski definition) is 1. The molecule has 2 N–H and O–H groups in total. The fourth-order valence-electron chi connectivity index (χ4n) is 1.77. The molecule has 4 nitrogen and oxygen atoms in total. The maximum absolute atomic E-state index is 12.2. The molecule has 0 aliphatic rings. The van der Waals surface area contributed by atoms with Gasteiger partial charge in [-0.3, -0.25) is 4.79 Å². The van der Waals surface area contributed by atoms with Crippen LogP contribution in [-0.4, -0.2) is 10.9 Å². The van der Waals surface area contributed by atoms with Gasteiger partial charge in [-0.25, -0.2) is 0 Å². The number of alkyl halides is 3. The summed E-state index contributed by atoms with van der Waals surface area (Å²) in [6, 6.07) is 6.87. The minimum atomic E-state index is -4.75. The van der Waals surface area contributed by atoms with Gasteiger partial charge >= 0.3 is 6.36 Å². The second-order valence-corrected chi connectivity index (χ2v) is 4.18. The Bertz CT molecular complexity index is 666. The molecule has 20 heavy (non-hydrogen) atoms. The normalized spacial score (nSPS) is 11.4. The lowest BCUT2D eigenvalue weighted by Gasteiger charge is -2.11. The van der Waals surface area contributed by atoms with Gasteiger partial charge in [0, 0.05) is 18.8 Å². The summed E-state index contributed by atoms with van der Waals surface area (Å²) in [6.45, 7) is 0. The molecule has 7 heteroatoms. The summed E-state index contributed by atoms with van der Waals surface area (Å²) in [5.41, 5.74) is 6.20. The van der Waals surface area contributed by atoms with Crippen LogP contribution in [0.25, 0.3) is 11.1 Å². The molecule has 0 aliphatic carbocycles. The number of anilines is 1. The van der Waals surface area contributed by atoms with Crippen LogP contribution in [0.5, 0.6) is 5.75 Å². The van der Waals surface area contributed by atoms with Gasteiger partial charge < -0.3 is 15.0 Å². The topological polar surface area (TPSA) is 57.2 Å².